The monoisotopic (exact) mass is 346 g/mol. The maximum atomic E-state index is 11.7. The molecule has 9 heteroatoms. The molecule has 9 nitrogen and oxygen atoms in total. The summed E-state index contributed by atoms with van der Waals surface area (Å²) in [5, 5.41) is 22.5. The normalized spacial score (nSPS) is 9.92. The Morgan fingerprint density at radius 2 is 1.88 bits per heavy atom. The molecular formula is C16H14N2O7. The number of nitrogens with one attached hydrogen (secondary N) is 1. The molecule has 130 valence electrons. The lowest BCUT2D eigenvalue weighted by atomic mass is 10.3. The number of nitro groups is 1. The van der Waals surface area contributed by atoms with E-state index in [9.17, 15) is 24.8 Å². The van der Waals surface area contributed by atoms with Crippen molar-refractivity contribution in [2.24, 2.45) is 0 Å². The molecule has 0 aliphatic rings. The number of hydrogen-bond acceptors (Lipinski definition) is 7. The minimum atomic E-state index is -0.808. The molecule has 25 heavy (non-hydrogen) atoms. The number of hydrogen-bond donors (Lipinski definition) is 2. The number of phenols is 1. The topological polar surface area (TPSA) is 128 Å². The van der Waals surface area contributed by atoms with Crippen molar-refractivity contribution < 1.29 is 29.1 Å². The summed E-state index contributed by atoms with van der Waals surface area (Å²) in [6.45, 7) is -1.06. The van der Waals surface area contributed by atoms with Crippen molar-refractivity contribution >= 4 is 23.3 Å². The zero-order valence-electron chi connectivity index (χ0n) is 12.9. The summed E-state index contributed by atoms with van der Waals surface area (Å²) in [5.74, 6) is -1.48. The molecule has 0 unspecified atom stereocenters. The van der Waals surface area contributed by atoms with Crippen LogP contribution in [0, 0.1) is 10.1 Å². The SMILES string of the molecule is O=C(COC(=O)COc1ccccc1O)Nc1cccc([N+](=O)[O-])c1. The lowest BCUT2D eigenvalue weighted by molar-refractivity contribution is -0.384. The second kappa shape index (κ2) is 8.29. The second-order valence-corrected chi connectivity index (χ2v) is 4.77. The first-order valence-electron chi connectivity index (χ1n) is 7.06. The van der Waals surface area contributed by atoms with Crippen LogP contribution in [0.5, 0.6) is 11.5 Å². The van der Waals surface area contributed by atoms with Gasteiger partial charge in [-0.05, 0) is 18.2 Å². The van der Waals surface area contributed by atoms with Crippen LogP contribution in [0.4, 0.5) is 11.4 Å². The Labute approximate surface area is 141 Å². The van der Waals surface area contributed by atoms with E-state index >= 15 is 0 Å². The van der Waals surface area contributed by atoms with Gasteiger partial charge in [-0.25, -0.2) is 4.79 Å². The summed E-state index contributed by atoms with van der Waals surface area (Å²) >= 11 is 0. The van der Waals surface area contributed by atoms with Crippen molar-refractivity contribution in [2.45, 2.75) is 0 Å². The van der Waals surface area contributed by atoms with Crippen LogP contribution in [0.25, 0.3) is 0 Å². The number of benzene rings is 2. The van der Waals surface area contributed by atoms with Crippen LogP contribution in [0.1, 0.15) is 0 Å². The third-order valence-corrected chi connectivity index (χ3v) is 2.92. The smallest absolute Gasteiger partial charge is 0.344 e. The number of phenolic OH excluding ortho intramolecular Hbond substituents is 1. The number of amides is 1. The zero-order valence-corrected chi connectivity index (χ0v) is 12.9. The number of nitro benzene ring substituents is 1. The van der Waals surface area contributed by atoms with E-state index in [4.69, 9.17) is 9.47 Å². The van der Waals surface area contributed by atoms with Gasteiger partial charge in [0, 0.05) is 17.8 Å². The molecule has 0 bridgehead atoms. The average Bonchev–Trinajstić information content (AvgIpc) is 2.59. The van der Waals surface area contributed by atoms with E-state index in [-0.39, 0.29) is 22.9 Å². The predicted octanol–water partition coefficient (Wildman–Crippen LogP) is 1.86. The van der Waals surface area contributed by atoms with Gasteiger partial charge in [-0.15, -0.1) is 0 Å². The van der Waals surface area contributed by atoms with Crippen molar-refractivity contribution in [1.82, 2.24) is 0 Å². The molecule has 2 aromatic rings. The van der Waals surface area contributed by atoms with Crippen LogP contribution in [0.2, 0.25) is 0 Å². The number of anilines is 1. The third-order valence-electron chi connectivity index (χ3n) is 2.92. The Morgan fingerprint density at radius 3 is 2.60 bits per heavy atom. The number of nitrogens with zero attached hydrogens (tertiary/aromatic N) is 1. The van der Waals surface area contributed by atoms with Gasteiger partial charge >= 0.3 is 5.97 Å². The number of carbonyl (C=O) groups is 2. The molecule has 1 amide bonds. The van der Waals surface area contributed by atoms with Gasteiger partial charge < -0.3 is 19.9 Å². The highest BCUT2D eigenvalue weighted by Gasteiger charge is 2.11. The summed E-state index contributed by atoms with van der Waals surface area (Å²) in [6.07, 6.45) is 0. The largest absolute Gasteiger partial charge is 0.504 e. The lowest BCUT2D eigenvalue weighted by Crippen LogP contribution is -2.23. The number of carbonyl (C=O) groups excluding carboxylic acids is 2. The molecule has 2 rings (SSSR count). The summed E-state index contributed by atoms with van der Waals surface area (Å²) in [7, 11) is 0. The fourth-order valence-electron chi connectivity index (χ4n) is 1.80. The van der Waals surface area contributed by atoms with Gasteiger partial charge in [-0.2, -0.15) is 0 Å². The fourth-order valence-corrected chi connectivity index (χ4v) is 1.80. The highest BCUT2D eigenvalue weighted by Crippen LogP contribution is 2.24. The van der Waals surface area contributed by atoms with Gasteiger partial charge in [0.1, 0.15) is 0 Å². The van der Waals surface area contributed by atoms with E-state index in [0.717, 1.165) is 0 Å². The summed E-state index contributed by atoms with van der Waals surface area (Å²) < 4.78 is 9.78. The molecule has 0 aliphatic carbocycles. The van der Waals surface area contributed by atoms with Gasteiger partial charge in [-0.3, -0.25) is 14.9 Å². The number of esters is 1. The van der Waals surface area contributed by atoms with Gasteiger partial charge in [0.25, 0.3) is 11.6 Å². The van der Waals surface area contributed by atoms with Crippen molar-refractivity contribution in [1.29, 1.82) is 0 Å². The lowest BCUT2D eigenvalue weighted by Gasteiger charge is -2.08. The van der Waals surface area contributed by atoms with E-state index < -0.39 is 30.0 Å². The first kappa shape index (κ1) is 17.7. The number of ether oxygens (including phenoxy) is 2. The van der Waals surface area contributed by atoms with Gasteiger partial charge in [-0.1, -0.05) is 18.2 Å². The number of aromatic hydroxyl groups is 1. The molecule has 0 spiro atoms. The minimum absolute atomic E-state index is 0.112. The number of non-ortho nitro benzene ring substituents is 1. The Hall–Kier alpha value is -3.62. The molecule has 0 aromatic heterocycles. The van der Waals surface area contributed by atoms with Crippen LogP contribution in [-0.2, 0) is 14.3 Å². The summed E-state index contributed by atoms with van der Waals surface area (Å²) in [6, 6.07) is 11.4. The molecule has 0 heterocycles. The van der Waals surface area contributed by atoms with Gasteiger partial charge in [0.15, 0.2) is 24.7 Å². The highest BCUT2D eigenvalue weighted by molar-refractivity contribution is 5.93. The minimum Gasteiger partial charge on any atom is -0.504 e. The van der Waals surface area contributed by atoms with Gasteiger partial charge in [0.2, 0.25) is 0 Å². The van der Waals surface area contributed by atoms with Crippen LogP contribution >= 0.6 is 0 Å². The van der Waals surface area contributed by atoms with Crippen LogP contribution < -0.4 is 10.1 Å². The summed E-state index contributed by atoms with van der Waals surface area (Å²) in [5.41, 5.74) is 0.0339. The number of rotatable bonds is 7. The van der Waals surface area contributed by atoms with Crippen molar-refractivity contribution in [2.75, 3.05) is 18.5 Å². The quantitative estimate of drug-likeness (QED) is 0.445. The van der Waals surface area contributed by atoms with Crippen molar-refractivity contribution in [3.8, 4) is 11.5 Å². The molecule has 2 N–H and O–H groups in total. The summed E-state index contributed by atoms with van der Waals surface area (Å²) in [4.78, 5) is 33.3. The first-order valence-corrected chi connectivity index (χ1v) is 7.06. The second-order valence-electron chi connectivity index (χ2n) is 4.77. The van der Waals surface area contributed by atoms with Crippen LogP contribution in [0.15, 0.2) is 48.5 Å². The molecule has 2 aromatic carbocycles. The number of para-hydroxylation sites is 2. The standard InChI is InChI=1S/C16H14N2O7/c19-13-6-1-2-7-14(13)24-10-16(21)25-9-15(20)17-11-4-3-5-12(8-11)18(22)23/h1-8,19H,9-10H2,(H,17,20). The van der Waals surface area contributed by atoms with E-state index in [1.807, 2.05) is 0 Å². The maximum absolute atomic E-state index is 11.7. The fraction of sp³-hybridized carbons (Fsp3) is 0.125. The first-order chi connectivity index (χ1) is 12.0. The van der Waals surface area contributed by atoms with E-state index in [2.05, 4.69) is 5.32 Å². The predicted molar refractivity (Wildman–Crippen MR) is 86.3 cm³/mol. The molecule has 0 aliphatic heterocycles. The molecule has 0 fully saturated rings. The molecule has 0 atom stereocenters. The average molecular weight is 346 g/mol. The van der Waals surface area contributed by atoms with Crippen molar-refractivity contribution in [3.63, 3.8) is 0 Å². The Morgan fingerprint density at radius 1 is 1.12 bits per heavy atom. The van der Waals surface area contributed by atoms with E-state index in [1.165, 1.54) is 36.4 Å². The molecule has 0 saturated carbocycles. The van der Waals surface area contributed by atoms with Gasteiger partial charge in [0.05, 0.1) is 4.92 Å². The van der Waals surface area contributed by atoms with Crippen LogP contribution in [0.3, 0.4) is 0 Å². The molecule has 0 saturated heterocycles. The molecule has 0 radical (unpaired) electrons. The Balaban J connectivity index is 1.78. The Bertz CT molecular complexity index is 792. The third kappa shape index (κ3) is 5.50. The van der Waals surface area contributed by atoms with E-state index in [0.29, 0.717) is 0 Å². The van der Waals surface area contributed by atoms with Crippen molar-refractivity contribution in [3.05, 3.63) is 58.6 Å². The molecular weight excluding hydrogens is 332 g/mol. The zero-order chi connectivity index (χ0) is 18.2. The Kier molecular flexibility index (Phi) is 5.88. The highest BCUT2D eigenvalue weighted by atomic mass is 16.6. The van der Waals surface area contributed by atoms with Crippen LogP contribution in [-0.4, -0.2) is 35.1 Å². The maximum Gasteiger partial charge on any atom is 0.344 e. The van der Waals surface area contributed by atoms with E-state index in [1.54, 1.807) is 12.1 Å².